The summed E-state index contributed by atoms with van der Waals surface area (Å²) in [4.78, 5) is 28.0. The molecule has 7 nitrogen and oxygen atoms in total. The van der Waals surface area contributed by atoms with Gasteiger partial charge in [0.2, 0.25) is 5.91 Å². The number of pyridine rings is 1. The lowest BCUT2D eigenvalue weighted by Crippen LogP contribution is -2.45. The molecule has 0 atom stereocenters. The molecule has 0 aromatic carbocycles. The Kier molecular flexibility index (Phi) is 10.5. The molecule has 3 aromatic rings. The lowest BCUT2D eigenvalue weighted by Gasteiger charge is -2.25. The third-order valence-corrected chi connectivity index (χ3v) is 9.03. The van der Waals surface area contributed by atoms with Gasteiger partial charge < -0.3 is 20.9 Å². The van der Waals surface area contributed by atoms with Crippen molar-refractivity contribution >= 4 is 39.6 Å². The van der Waals surface area contributed by atoms with Crippen LogP contribution in [-0.4, -0.2) is 53.3 Å². The zero-order valence-corrected chi connectivity index (χ0v) is 25.3. The summed E-state index contributed by atoms with van der Waals surface area (Å²) in [6.07, 6.45) is 7.32. The van der Waals surface area contributed by atoms with Gasteiger partial charge in [0.15, 0.2) is 5.82 Å². The third kappa shape index (κ3) is 6.12. The fourth-order valence-electron chi connectivity index (χ4n) is 5.22. The van der Waals surface area contributed by atoms with Gasteiger partial charge in [-0.15, -0.1) is 11.3 Å². The van der Waals surface area contributed by atoms with E-state index in [0.717, 1.165) is 37.7 Å². The van der Waals surface area contributed by atoms with Gasteiger partial charge >= 0.3 is 0 Å². The Morgan fingerprint density at radius 1 is 1.16 bits per heavy atom. The molecule has 1 aliphatic heterocycles. The van der Waals surface area contributed by atoms with Crippen molar-refractivity contribution in [1.29, 1.82) is 0 Å². The van der Waals surface area contributed by atoms with E-state index in [2.05, 4.69) is 54.9 Å². The van der Waals surface area contributed by atoms with Crippen molar-refractivity contribution in [2.75, 3.05) is 26.2 Å². The molecule has 1 saturated carbocycles. The van der Waals surface area contributed by atoms with Gasteiger partial charge in [0.25, 0.3) is 0 Å². The average molecular weight is 539 g/mol. The number of aromatic nitrogens is 2. The fourth-order valence-corrected chi connectivity index (χ4v) is 6.62. The number of rotatable bonds is 4. The molecule has 2 aliphatic rings. The Morgan fingerprint density at radius 2 is 1.82 bits per heavy atom. The molecule has 1 amide bonds. The lowest BCUT2D eigenvalue weighted by atomic mass is 9.82. The maximum absolute atomic E-state index is 10.7. The number of thiophene rings is 1. The summed E-state index contributed by atoms with van der Waals surface area (Å²) in [5, 5.41) is 4.61. The van der Waals surface area contributed by atoms with Crippen molar-refractivity contribution in [2.24, 2.45) is 10.7 Å². The van der Waals surface area contributed by atoms with Gasteiger partial charge in [0, 0.05) is 55.1 Å². The summed E-state index contributed by atoms with van der Waals surface area (Å²) in [6, 6.07) is 0. The molecule has 1 aliphatic carbocycles. The van der Waals surface area contributed by atoms with Crippen LogP contribution in [0.3, 0.4) is 0 Å². The van der Waals surface area contributed by atoms with Crippen LogP contribution >= 0.6 is 11.3 Å². The third-order valence-electron chi connectivity index (χ3n) is 7.66. The number of nitrogens with two attached hydrogens (primary N) is 1. The van der Waals surface area contributed by atoms with Gasteiger partial charge in [-0.1, -0.05) is 34.1 Å². The molecule has 4 heterocycles. The quantitative estimate of drug-likeness (QED) is 0.254. The number of hydrogen-bond donors (Lipinski definition) is 3. The second kappa shape index (κ2) is 13.4. The number of nitrogens with zero attached hydrogens (tertiary/aromatic N) is 3. The van der Waals surface area contributed by atoms with Crippen LogP contribution in [0.1, 0.15) is 92.8 Å². The molecular weight excluding hydrogens is 492 g/mol. The Labute approximate surface area is 232 Å². The molecule has 0 unspecified atom stereocenters. The first-order valence-corrected chi connectivity index (χ1v) is 14.9. The number of aryl methyl sites for hydroxylation is 1. The highest BCUT2D eigenvalue weighted by atomic mass is 32.1. The normalized spacial score (nSPS) is 15.8. The van der Waals surface area contributed by atoms with Gasteiger partial charge in [0.1, 0.15) is 4.83 Å². The van der Waals surface area contributed by atoms with E-state index in [1.54, 1.807) is 11.8 Å². The highest BCUT2D eigenvalue weighted by Crippen LogP contribution is 2.48. The number of amides is 1. The number of carbonyl (C=O) groups excluding carboxylic acids is 1. The van der Waals surface area contributed by atoms with Crippen LogP contribution in [0.5, 0.6) is 0 Å². The number of aromatic amines is 1. The Hall–Kier alpha value is -2.71. The second-order valence-corrected chi connectivity index (χ2v) is 11.3. The summed E-state index contributed by atoms with van der Waals surface area (Å²) in [5.41, 5.74) is 13.0. The highest BCUT2D eigenvalue weighted by molar-refractivity contribution is 7.19. The van der Waals surface area contributed by atoms with E-state index in [1.165, 1.54) is 63.8 Å². The molecule has 2 fully saturated rings. The van der Waals surface area contributed by atoms with E-state index in [-0.39, 0.29) is 5.91 Å². The predicted molar refractivity (Wildman–Crippen MR) is 163 cm³/mol. The molecule has 4 N–H and O–H groups in total. The van der Waals surface area contributed by atoms with Gasteiger partial charge in [0.05, 0.1) is 12.0 Å². The topological polar surface area (TPSA) is 99.4 Å². The molecule has 0 spiro atoms. The maximum Gasteiger partial charge on any atom is 0.219 e. The smallest absolute Gasteiger partial charge is 0.219 e. The van der Waals surface area contributed by atoms with Crippen molar-refractivity contribution in [3.8, 4) is 11.3 Å². The number of nitrogens with one attached hydrogen (secondary N) is 2. The maximum atomic E-state index is 10.7. The zero-order chi connectivity index (χ0) is 28.0. The largest absolute Gasteiger partial charge is 0.390 e. The van der Waals surface area contributed by atoms with Gasteiger partial charge in [-0.3, -0.25) is 4.79 Å². The van der Waals surface area contributed by atoms with E-state index in [9.17, 15) is 4.79 Å². The van der Waals surface area contributed by atoms with Gasteiger partial charge in [-0.05, 0) is 67.7 Å². The fraction of sp³-hybridized carbons (Fsp3) is 0.567. The van der Waals surface area contributed by atoms with Crippen LogP contribution in [0, 0.1) is 20.8 Å². The van der Waals surface area contributed by atoms with Crippen LogP contribution in [0.2, 0.25) is 0 Å². The lowest BCUT2D eigenvalue weighted by molar-refractivity contribution is -0.129. The van der Waals surface area contributed by atoms with Crippen molar-refractivity contribution in [3.05, 3.63) is 33.3 Å². The van der Waals surface area contributed by atoms with Crippen molar-refractivity contribution in [2.45, 2.75) is 86.5 Å². The van der Waals surface area contributed by atoms with Crippen molar-refractivity contribution in [1.82, 2.24) is 20.2 Å². The highest BCUT2D eigenvalue weighted by Gasteiger charge is 2.28. The van der Waals surface area contributed by atoms with Crippen molar-refractivity contribution < 1.29 is 4.79 Å². The first-order valence-electron chi connectivity index (χ1n) is 14.1. The molecule has 1 saturated heterocycles. The molecule has 0 radical (unpaired) electrons. The Morgan fingerprint density at radius 3 is 2.32 bits per heavy atom. The standard InChI is InChI=1S/C22H28N4S.C6H12N2O.C2H6/c1-11(2)17-18-14(5)20(15-7-6-8-15)27-22(18)26-19(17)16-9-24-21(25-10-23)13(4)12(16)3;1-6(9)8-4-2-7-3-5-8;1-2/h9-11,15,26H,6-8H2,1-5H3,(H2,23,24,25);7H,2-5H2,1H3;1-2H3. The van der Waals surface area contributed by atoms with Crippen LogP contribution in [0.25, 0.3) is 21.5 Å². The first kappa shape index (κ1) is 29.8. The first-order chi connectivity index (χ1) is 18.2. The SMILES string of the molecule is CC.CC(=O)N1CCNCC1.Cc1c(-c2[nH]c3sc(C4CCC4)c(C)c3c2C(C)C)cnc(N=CN)c1C. The molecule has 38 heavy (non-hydrogen) atoms. The van der Waals surface area contributed by atoms with Crippen LogP contribution in [0.4, 0.5) is 5.82 Å². The summed E-state index contributed by atoms with van der Waals surface area (Å²) >= 11 is 1.96. The van der Waals surface area contributed by atoms with Gasteiger partial charge in [-0.2, -0.15) is 0 Å². The minimum absolute atomic E-state index is 0.191. The van der Waals surface area contributed by atoms with Crippen LogP contribution in [-0.2, 0) is 4.79 Å². The monoisotopic (exact) mass is 538 g/mol. The zero-order valence-electron chi connectivity index (χ0n) is 24.5. The van der Waals surface area contributed by atoms with E-state index in [4.69, 9.17) is 5.73 Å². The average Bonchev–Trinajstić information content (AvgIpc) is 3.40. The Bertz CT molecular complexity index is 1260. The van der Waals surface area contributed by atoms with Gasteiger partial charge in [-0.25, -0.2) is 9.98 Å². The number of H-pyrrole nitrogens is 1. The molecule has 5 rings (SSSR count). The molecule has 208 valence electrons. The van der Waals surface area contributed by atoms with E-state index < -0.39 is 0 Å². The second-order valence-electron chi connectivity index (χ2n) is 10.3. The van der Waals surface area contributed by atoms with Crippen LogP contribution in [0.15, 0.2) is 11.2 Å². The summed E-state index contributed by atoms with van der Waals surface area (Å²) in [6.45, 7) is 20.3. The number of hydrogen-bond acceptors (Lipinski definition) is 5. The van der Waals surface area contributed by atoms with Crippen molar-refractivity contribution in [3.63, 3.8) is 0 Å². The minimum atomic E-state index is 0.191. The molecule has 3 aromatic heterocycles. The molecular formula is C30H46N6OS. The summed E-state index contributed by atoms with van der Waals surface area (Å²) in [7, 11) is 0. The number of piperazine rings is 1. The Balaban J connectivity index is 0.000000307. The number of aliphatic imine (C=N–C) groups is 1. The molecule has 0 bridgehead atoms. The minimum Gasteiger partial charge on any atom is -0.390 e. The van der Waals surface area contributed by atoms with E-state index >= 15 is 0 Å². The summed E-state index contributed by atoms with van der Waals surface area (Å²) < 4.78 is 0. The van der Waals surface area contributed by atoms with E-state index in [1.807, 2.05) is 36.3 Å². The number of carbonyl (C=O) groups is 1. The molecule has 8 heteroatoms. The summed E-state index contributed by atoms with van der Waals surface area (Å²) in [5.74, 6) is 2.11. The van der Waals surface area contributed by atoms with Crippen LogP contribution < -0.4 is 11.1 Å². The van der Waals surface area contributed by atoms with E-state index in [0.29, 0.717) is 11.7 Å². The number of fused-ring (bicyclic) bond motifs is 1. The predicted octanol–water partition coefficient (Wildman–Crippen LogP) is 6.69.